The molecule has 1 saturated heterocycles. The van der Waals surface area contributed by atoms with Crippen LogP contribution in [0.15, 0.2) is 35.0 Å². The van der Waals surface area contributed by atoms with Crippen LogP contribution in [-0.2, 0) is 7.05 Å². The van der Waals surface area contributed by atoms with Crippen molar-refractivity contribution in [2.45, 2.75) is 0 Å². The highest BCUT2D eigenvalue weighted by molar-refractivity contribution is 6.31. The summed E-state index contributed by atoms with van der Waals surface area (Å²) < 4.78 is 7.42. The lowest BCUT2D eigenvalue weighted by atomic mass is 10.2. The second-order valence-corrected chi connectivity index (χ2v) is 6.23. The van der Waals surface area contributed by atoms with Crippen LogP contribution in [0.5, 0.6) is 0 Å². The fraction of sp³-hybridized carbons (Fsp3) is 0.312. The molecule has 0 unspecified atom stereocenters. The number of fused-ring (bicyclic) bond motifs is 1. The van der Waals surface area contributed by atoms with E-state index < -0.39 is 0 Å². The van der Waals surface area contributed by atoms with Gasteiger partial charge in [0.25, 0.3) is 11.9 Å². The van der Waals surface area contributed by atoms with Crippen molar-refractivity contribution in [1.29, 1.82) is 0 Å². The number of amides is 1. The lowest BCUT2D eigenvalue weighted by Gasteiger charge is -2.33. The normalized spacial score (nSPS) is 15.2. The van der Waals surface area contributed by atoms with Crippen LogP contribution in [0.2, 0.25) is 5.02 Å². The van der Waals surface area contributed by atoms with Gasteiger partial charge in [-0.1, -0.05) is 11.6 Å². The molecule has 3 heterocycles. The molecular weight excluding hydrogens is 330 g/mol. The lowest BCUT2D eigenvalue weighted by Crippen LogP contribution is -2.48. The third kappa shape index (κ3) is 2.71. The van der Waals surface area contributed by atoms with Gasteiger partial charge in [-0.15, -0.1) is 0 Å². The van der Waals surface area contributed by atoms with E-state index >= 15 is 0 Å². The summed E-state index contributed by atoms with van der Waals surface area (Å²) in [6, 6.07) is 5.96. The Bertz CT molecular complexity index is 895. The Morgan fingerprint density at radius 3 is 2.75 bits per heavy atom. The van der Waals surface area contributed by atoms with Crippen molar-refractivity contribution in [3.63, 3.8) is 0 Å². The maximum absolute atomic E-state index is 12.4. The zero-order chi connectivity index (χ0) is 16.7. The Kier molecular flexibility index (Phi) is 3.65. The molecule has 4 rings (SSSR count). The average Bonchev–Trinajstić information content (AvgIpc) is 3.20. The zero-order valence-electron chi connectivity index (χ0n) is 13.1. The highest BCUT2D eigenvalue weighted by Crippen LogP contribution is 2.25. The molecule has 0 radical (unpaired) electrons. The first-order valence-electron chi connectivity index (χ1n) is 7.69. The van der Waals surface area contributed by atoms with E-state index in [-0.39, 0.29) is 5.91 Å². The maximum Gasteiger partial charge on any atom is 0.298 e. The van der Waals surface area contributed by atoms with Gasteiger partial charge in [0, 0.05) is 50.5 Å². The Morgan fingerprint density at radius 2 is 2.04 bits per heavy atom. The van der Waals surface area contributed by atoms with Crippen LogP contribution in [0.1, 0.15) is 10.4 Å². The SMILES string of the molecule is Cn1cc(C(=O)N2CCN(c3nc4ccc(Cl)cc4o3)CC2)cn1. The highest BCUT2D eigenvalue weighted by atomic mass is 35.5. The molecule has 0 aliphatic carbocycles. The van der Waals surface area contributed by atoms with Crippen LogP contribution < -0.4 is 4.90 Å². The minimum Gasteiger partial charge on any atom is -0.423 e. The molecule has 0 spiro atoms. The lowest BCUT2D eigenvalue weighted by molar-refractivity contribution is 0.0745. The van der Waals surface area contributed by atoms with Crippen LogP contribution in [0, 0.1) is 0 Å². The highest BCUT2D eigenvalue weighted by Gasteiger charge is 2.25. The largest absolute Gasteiger partial charge is 0.423 e. The number of aryl methyl sites for hydroxylation is 1. The fourth-order valence-electron chi connectivity index (χ4n) is 2.84. The standard InChI is InChI=1S/C16H16ClN5O2/c1-20-10-11(9-18-20)15(23)21-4-6-22(7-5-21)16-19-13-3-2-12(17)8-14(13)24-16/h2-3,8-10H,4-7H2,1H3. The van der Waals surface area contributed by atoms with Crippen LogP contribution >= 0.6 is 11.6 Å². The predicted molar refractivity (Wildman–Crippen MR) is 90.3 cm³/mol. The number of piperazine rings is 1. The number of aromatic nitrogens is 3. The van der Waals surface area contributed by atoms with E-state index in [2.05, 4.69) is 10.1 Å². The maximum atomic E-state index is 12.4. The minimum atomic E-state index is 0.00657. The zero-order valence-corrected chi connectivity index (χ0v) is 13.9. The van der Waals surface area contributed by atoms with Crippen molar-refractivity contribution in [3.8, 4) is 0 Å². The van der Waals surface area contributed by atoms with E-state index in [9.17, 15) is 4.79 Å². The van der Waals surface area contributed by atoms with Crippen LogP contribution in [0.4, 0.5) is 6.01 Å². The van der Waals surface area contributed by atoms with Crippen molar-refractivity contribution in [2.24, 2.45) is 7.05 Å². The molecule has 1 fully saturated rings. The summed E-state index contributed by atoms with van der Waals surface area (Å²) in [7, 11) is 1.80. The molecule has 24 heavy (non-hydrogen) atoms. The first-order chi connectivity index (χ1) is 11.6. The summed E-state index contributed by atoms with van der Waals surface area (Å²) in [6.45, 7) is 2.58. The number of rotatable bonds is 2. The molecule has 0 atom stereocenters. The third-order valence-corrected chi connectivity index (χ3v) is 4.36. The Labute approximate surface area is 143 Å². The van der Waals surface area contributed by atoms with Gasteiger partial charge in [0.1, 0.15) is 5.52 Å². The Morgan fingerprint density at radius 1 is 1.25 bits per heavy atom. The number of oxazole rings is 1. The number of anilines is 1. The van der Waals surface area contributed by atoms with Gasteiger partial charge in [-0.25, -0.2) is 0 Å². The quantitative estimate of drug-likeness (QED) is 0.712. The Balaban J connectivity index is 1.46. The van der Waals surface area contributed by atoms with Gasteiger partial charge < -0.3 is 14.2 Å². The third-order valence-electron chi connectivity index (χ3n) is 4.13. The van der Waals surface area contributed by atoms with E-state index in [0.29, 0.717) is 48.4 Å². The summed E-state index contributed by atoms with van der Waals surface area (Å²) in [5.74, 6) is 0.00657. The van der Waals surface area contributed by atoms with Crippen molar-refractivity contribution in [3.05, 3.63) is 41.2 Å². The summed E-state index contributed by atoms with van der Waals surface area (Å²) in [5, 5.41) is 4.67. The summed E-state index contributed by atoms with van der Waals surface area (Å²) in [5.41, 5.74) is 2.07. The van der Waals surface area contributed by atoms with Crippen molar-refractivity contribution in [2.75, 3.05) is 31.1 Å². The second-order valence-electron chi connectivity index (χ2n) is 5.79. The van der Waals surface area contributed by atoms with Crippen molar-refractivity contribution >= 4 is 34.6 Å². The van der Waals surface area contributed by atoms with Crippen LogP contribution in [0.25, 0.3) is 11.1 Å². The van der Waals surface area contributed by atoms with Crippen molar-refractivity contribution < 1.29 is 9.21 Å². The molecule has 124 valence electrons. The summed E-state index contributed by atoms with van der Waals surface area (Å²) >= 11 is 5.98. The molecule has 1 aliphatic heterocycles. The van der Waals surface area contributed by atoms with E-state index in [1.807, 2.05) is 15.9 Å². The Hall–Kier alpha value is -2.54. The predicted octanol–water partition coefficient (Wildman–Crippen LogP) is 2.18. The van der Waals surface area contributed by atoms with Gasteiger partial charge in [-0.2, -0.15) is 10.1 Å². The minimum absolute atomic E-state index is 0.00657. The van der Waals surface area contributed by atoms with Gasteiger partial charge in [-0.3, -0.25) is 9.48 Å². The molecule has 7 nitrogen and oxygen atoms in total. The first-order valence-corrected chi connectivity index (χ1v) is 8.07. The van der Waals surface area contributed by atoms with E-state index in [4.69, 9.17) is 16.0 Å². The molecule has 8 heteroatoms. The number of benzene rings is 1. The molecule has 0 bridgehead atoms. The molecule has 2 aromatic heterocycles. The molecule has 1 amide bonds. The number of hydrogen-bond donors (Lipinski definition) is 0. The monoisotopic (exact) mass is 345 g/mol. The topological polar surface area (TPSA) is 67.4 Å². The van der Waals surface area contributed by atoms with E-state index in [0.717, 1.165) is 5.52 Å². The van der Waals surface area contributed by atoms with Gasteiger partial charge in [0.05, 0.1) is 11.8 Å². The first kappa shape index (κ1) is 15.0. The summed E-state index contributed by atoms with van der Waals surface area (Å²) in [4.78, 5) is 20.8. The van der Waals surface area contributed by atoms with Gasteiger partial charge in [-0.05, 0) is 12.1 Å². The van der Waals surface area contributed by atoms with Crippen LogP contribution in [0.3, 0.4) is 0 Å². The smallest absolute Gasteiger partial charge is 0.298 e. The van der Waals surface area contributed by atoms with Gasteiger partial charge in [0.15, 0.2) is 5.58 Å². The number of halogens is 1. The molecular formula is C16H16ClN5O2. The van der Waals surface area contributed by atoms with Crippen LogP contribution in [-0.4, -0.2) is 51.8 Å². The molecule has 3 aromatic rings. The van der Waals surface area contributed by atoms with E-state index in [1.54, 1.807) is 36.3 Å². The summed E-state index contributed by atoms with van der Waals surface area (Å²) in [6.07, 6.45) is 3.33. The number of carbonyl (C=O) groups is 1. The molecule has 1 aliphatic rings. The average molecular weight is 346 g/mol. The second kappa shape index (κ2) is 5.83. The number of nitrogens with zero attached hydrogens (tertiary/aromatic N) is 5. The molecule has 1 aromatic carbocycles. The number of carbonyl (C=O) groups excluding carboxylic acids is 1. The van der Waals surface area contributed by atoms with Gasteiger partial charge in [0.2, 0.25) is 0 Å². The molecule has 0 N–H and O–H groups in total. The van der Waals surface area contributed by atoms with E-state index in [1.165, 1.54) is 0 Å². The van der Waals surface area contributed by atoms with Gasteiger partial charge >= 0.3 is 0 Å². The van der Waals surface area contributed by atoms with Crippen molar-refractivity contribution in [1.82, 2.24) is 19.7 Å². The molecule has 0 saturated carbocycles. The fourth-order valence-corrected chi connectivity index (χ4v) is 3.00. The number of hydrogen-bond acceptors (Lipinski definition) is 5.